The Hall–Kier alpha value is -2.14. The van der Waals surface area contributed by atoms with Gasteiger partial charge in [0.05, 0.1) is 0 Å². The summed E-state index contributed by atoms with van der Waals surface area (Å²) in [6.45, 7) is 1.50. The fraction of sp³-hybridized carbons (Fsp3) is 0.375. The highest BCUT2D eigenvalue weighted by atomic mass is 16.2. The van der Waals surface area contributed by atoms with Gasteiger partial charge in [-0.15, -0.1) is 0 Å². The van der Waals surface area contributed by atoms with E-state index in [1.807, 2.05) is 58.5 Å². The Balaban J connectivity index is 2.31. The second-order valence-corrected chi connectivity index (χ2v) is 5.36. The molecule has 0 atom stereocenters. The first-order valence-electron chi connectivity index (χ1n) is 7.00. The molecule has 0 unspecified atom stereocenters. The molecule has 0 bridgehead atoms. The van der Waals surface area contributed by atoms with Gasteiger partial charge in [0.25, 0.3) is 5.91 Å². The zero-order chi connectivity index (χ0) is 15.4. The van der Waals surface area contributed by atoms with Crippen LogP contribution in [0.3, 0.4) is 0 Å². The molecule has 0 saturated carbocycles. The molecule has 0 spiro atoms. The number of nitrogens with zero attached hydrogens (tertiary/aromatic N) is 3. The number of aromatic nitrogens is 1. The number of carbonyl (C=O) groups excluding carboxylic acids is 1. The van der Waals surface area contributed by atoms with Gasteiger partial charge in [-0.2, -0.15) is 0 Å². The number of amides is 1. The quantitative estimate of drug-likeness (QED) is 0.912. The van der Waals surface area contributed by atoms with Gasteiger partial charge in [0.2, 0.25) is 0 Å². The average Bonchev–Trinajstić information content (AvgIpc) is 2.50. The lowest BCUT2D eigenvalue weighted by Gasteiger charge is -2.20. The predicted molar refractivity (Wildman–Crippen MR) is 86.8 cm³/mol. The van der Waals surface area contributed by atoms with Crippen molar-refractivity contribution in [2.24, 2.45) is 0 Å². The Bertz CT molecular complexity index is 639. The minimum absolute atomic E-state index is 0.0564. The van der Waals surface area contributed by atoms with Crippen LogP contribution < -0.4 is 5.32 Å². The van der Waals surface area contributed by atoms with Crippen molar-refractivity contribution in [1.29, 1.82) is 0 Å². The van der Waals surface area contributed by atoms with Crippen molar-refractivity contribution < 1.29 is 4.79 Å². The number of carbonyl (C=O) groups is 1. The fourth-order valence-corrected chi connectivity index (χ4v) is 2.15. The lowest BCUT2D eigenvalue weighted by atomic mass is 10.1. The number of rotatable bonds is 5. The Kier molecular flexibility index (Phi) is 4.75. The zero-order valence-electron chi connectivity index (χ0n) is 13.1. The second-order valence-electron chi connectivity index (χ2n) is 5.36. The van der Waals surface area contributed by atoms with Crippen molar-refractivity contribution in [1.82, 2.24) is 14.8 Å². The van der Waals surface area contributed by atoms with Crippen LogP contribution in [0.5, 0.6) is 0 Å². The van der Waals surface area contributed by atoms with Crippen LogP contribution in [0.2, 0.25) is 0 Å². The highest BCUT2D eigenvalue weighted by Crippen LogP contribution is 2.22. The van der Waals surface area contributed by atoms with E-state index < -0.39 is 0 Å². The van der Waals surface area contributed by atoms with Crippen LogP contribution in [0.1, 0.15) is 10.5 Å². The summed E-state index contributed by atoms with van der Waals surface area (Å²) in [4.78, 5) is 20.7. The number of benzene rings is 1. The van der Waals surface area contributed by atoms with E-state index in [0.717, 1.165) is 23.1 Å². The van der Waals surface area contributed by atoms with E-state index in [4.69, 9.17) is 0 Å². The molecule has 1 aromatic carbocycles. The molecular formula is C16H22N4O. The topological polar surface area (TPSA) is 48.5 Å². The van der Waals surface area contributed by atoms with Crippen LogP contribution in [0.4, 0.5) is 5.82 Å². The molecule has 0 radical (unpaired) electrons. The van der Waals surface area contributed by atoms with E-state index >= 15 is 0 Å². The van der Waals surface area contributed by atoms with Gasteiger partial charge < -0.3 is 15.1 Å². The molecule has 5 heteroatoms. The molecule has 2 rings (SSSR count). The molecule has 1 N–H and O–H groups in total. The molecule has 0 saturated heterocycles. The molecule has 112 valence electrons. The molecule has 1 aromatic heterocycles. The minimum atomic E-state index is -0.0564. The van der Waals surface area contributed by atoms with E-state index in [1.54, 1.807) is 4.90 Å². The minimum Gasteiger partial charge on any atom is -0.373 e. The lowest BCUT2D eigenvalue weighted by molar-refractivity contribution is 0.0781. The van der Waals surface area contributed by atoms with Crippen molar-refractivity contribution in [3.8, 4) is 0 Å². The van der Waals surface area contributed by atoms with E-state index in [9.17, 15) is 4.79 Å². The van der Waals surface area contributed by atoms with Crippen molar-refractivity contribution in [3.05, 3.63) is 36.0 Å². The lowest BCUT2D eigenvalue weighted by Crippen LogP contribution is -2.34. The number of anilines is 1. The van der Waals surface area contributed by atoms with Crippen molar-refractivity contribution >= 4 is 22.5 Å². The normalized spacial score (nSPS) is 10.9. The Morgan fingerprint density at radius 1 is 1.19 bits per heavy atom. The number of hydrogen-bond donors (Lipinski definition) is 1. The summed E-state index contributed by atoms with van der Waals surface area (Å²) >= 11 is 0. The summed E-state index contributed by atoms with van der Waals surface area (Å²) in [6, 6.07) is 9.78. The second kappa shape index (κ2) is 6.54. The monoisotopic (exact) mass is 286 g/mol. The van der Waals surface area contributed by atoms with E-state index in [2.05, 4.69) is 15.2 Å². The van der Waals surface area contributed by atoms with E-state index in [1.165, 1.54) is 0 Å². The molecule has 21 heavy (non-hydrogen) atoms. The molecule has 5 nitrogen and oxygen atoms in total. The van der Waals surface area contributed by atoms with Gasteiger partial charge in [-0.25, -0.2) is 4.98 Å². The van der Waals surface area contributed by atoms with Crippen LogP contribution in [0, 0.1) is 0 Å². The molecule has 2 aromatic rings. The predicted octanol–water partition coefficient (Wildman–Crippen LogP) is 1.91. The van der Waals surface area contributed by atoms with Crippen LogP contribution in [-0.2, 0) is 0 Å². The summed E-state index contributed by atoms with van der Waals surface area (Å²) < 4.78 is 0. The maximum atomic E-state index is 12.5. The van der Waals surface area contributed by atoms with Crippen molar-refractivity contribution in [2.75, 3.05) is 46.6 Å². The smallest absolute Gasteiger partial charge is 0.272 e. The molecule has 0 fully saturated rings. The highest BCUT2D eigenvalue weighted by molar-refractivity contribution is 6.00. The largest absolute Gasteiger partial charge is 0.373 e. The molecule has 1 heterocycles. The summed E-state index contributed by atoms with van der Waals surface area (Å²) in [7, 11) is 7.61. The SMILES string of the molecule is CNc1nc(C(=O)N(C)CCN(C)C)cc2ccccc12. The van der Waals surface area contributed by atoms with Gasteiger partial charge in [0, 0.05) is 32.6 Å². The summed E-state index contributed by atoms with van der Waals surface area (Å²) in [6.07, 6.45) is 0. The highest BCUT2D eigenvalue weighted by Gasteiger charge is 2.15. The third kappa shape index (κ3) is 3.49. The standard InChI is InChI=1S/C16H22N4O/c1-17-15-13-8-6-5-7-12(13)11-14(18-15)16(21)20(4)10-9-19(2)3/h5-8,11H,9-10H2,1-4H3,(H,17,18). The third-order valence-corrected chi connectivity index (χ3v) is 3.43. The maximum absolute atomic E-state index is 12.5. The van der Waals surface area contributed by atoms with Gasteiger partial charge in [-0.05, 0) is 25.5 Å². The fourth-order valence-electron chi connectivity index (χ4n) is 2.15. The van der Waals surface area contributed by atoms with Gasteiger partial charge in [0.15, 0.2) is 0 Å². The maximum Gasteiger partial charge on any atom is 0.272 e. The molecular weight excluding hydrogens is 264 g/mol. The number of nitrogens with one attached hydrogen (secondary N) is 1. The van der Waals surface area contributed by atoms with E-state index in [0.29, 0.717) is 12.2 Å². The van der Waals surface area contributed by atoms with Crippen LogP contribution in [-0.4, -0.2) is 62.0 Å². The summed E-state index contributed by atoms with van der Waals surface area (Å²) in [5.74, 6) is 0.677. The van der Waals surface area contributed by atoms with Gasteiger partial charge in [0.1, 0.15) is 11.5 Å². The Labute approximate surface area is 125 Å². The molecule has 0 aliphatic rings. The molecule has 0 aliphatic heterocycles. The Morgan fingerprint density at radius 3 is 2.57 bits per heavy atom. The first-order valence-corrected chi connectivity index (χ1v) is 7.00. The van der Waals surface area contributed by atoms with Crippen LogP contribution in [0.15, 0.2) is 30.3 Å². The molecule has 0 aliphatic carbocycles. The average molecular weight is 286 g/mol. The van der Waals surface area contributed by atoms with Gasteiger partial charge in [-0.3, -0.25) is 4.79 Å². The first-order chi connectivity index (χ1) is 10.0. The van der Waals surface area contributed by atoms with Gasteiger partial charge >= 0.3 is 0 Å². The Morgan fingerprint density at radius 2 is 1.90 bits per heavy atom. The third-order valence-electron chi connectivity index (χ3n) is 3.43. The van der Waals surface area contributed by atoms with Gasteiger partial charge in [-0.1, -0.05) is 24.3 Å². The number of likely N-dealkylation sites (N-methyl/N-ethyl adjacent to an activating group) is 2. The van der Waals surface area contributed by atoms with Crippen molar-refractivity contribution in [3.63, 3.8) is 0 Å². The summed E-state index contributed by atoms with van der Waals surface area (Å²) in [5, 5.41) is 5.10. The first kappa shape index (κ1) is 15.3. The number of fused-ring (bicyclic) bond motifs is 1. The van der Waals surface area contributed by atoms with E-state index in [-0.39, 0.29) is 5.91 Å². The van der Waals surface area contributed by atoms with Crippen molar-refractivity contribution in [2.45, 2.75) is 0 Å². The number of hydrogen-bond acceptors (Lipinski definition) is 4. The van der Waals surface area contributed by atoms with Crippen LogP contribution in [0.25, 0.3) is 10.8 Å². The molecule has 1 amide bonds. The summed E-state index contributed by atoms with van der Waals surface area (Å²) in [5.41, 5.74) is 0.472. The zero-order valence-corrected chi connectivity index (χ0v) is 13.1. The number of pyridine rings is 1. The van der Waals surface area contributed by atoms with Crippen LogP contribution >= 0.6 is 0 Å².